The number of hydrogen-bond acceptors (Lipinski definition) is 5. The SMILES string of the molecule is COc1cc[nH]c1/C=C1\C(=O)Nc2ccc(C)c(F)c21.COc1cc[nH]c1C=O.Cc1ccc2c(c1F)CC(=O)N2. The molecule has 0 saturated carbocycles. The molecule has 2 aliphatic heterocycles. The third-order valence-corrected chi connectivity index (χ3v) is 6.47. The van der Waals surface area contributed by atoms with Crippen LogP contribution in [0, 0.1) is 25.5 Å². The van der Waals surface area contributed by atoms with Gasteiger partial charge < -0.3 is 30.1 Å². The van der Waals surface area contributed by atoms with Crippen LogP contribution in [0.25, 0.3) is 11.6 Å². The Bertz CT molecular complexity index is 1650. The molecule has 2 aromatic carbocycles. The van der Waals surface area contributed by atoms with E-state index in [9.17, 15) is 23.2 Å². The first kappa shape index (κ1) is 28.8. The molecule has 11 heteroatoms. The van der Waals surface area contributed by atoms with E-state index in [2.05, 4.69) is 20.6 Å². The highest BCUT2D eigenvalue weighted by molar-refractivity contribution is 6.35. The van der Waals surface area contributed by atoms with Gasteiger partial charge in [-0.25, -0.2) is 8.78 Å². The fraction of sp³-hybridized carbons (Fsp3) is 0.167. The van der Waals surface area contributed by atoms with Crippen LogP contribution >= 0.6 is 0 Å². The number of hydrogen-bond donors (Lipinski definition) is 4. The number of anilines is 2. The summed E-state index contributed by atoms with van der Waals surface area (Å²) in [5, 5.41) is 5.25. The van der Waals surface area contributed by atoms with Gasteiger partial charge in [-0.05, 0) is 55.3 Å². The summed E-state index contributed by atoms with van der Waals surface area (Å²) >= 11 is 0. The average molecular weight is 563 g/mol. The van der Waals surface area contributed by atoms with Crippen molar-refractivity contribution in [2.75, 3.05) is 24.9 Å². The molecule has 0 aliphatic carbocycles. The summed E-state index contributed by atoms with van der Waals surface area (Å²) in [7, 11) is 3.06. The molecule has 41 heavy (non-hydrogen) atoms. The van der Waals surface area contributed by atoms with E-state index in [1.165, 1.54) is 7.11 Å². The number of nitrogens with one attached hydrogen (secondary N) is 4. The van der Waals surface area contributed by atoms with E-state index in [1.807, 2.05) is 0 Å². The Morgan fingerprint density at radius 3 is 1.98 bits per heavy atom. The molecule has 4 N–H and O–H groups in total. The minimum absolute atomic E-state index is 0.130. The Balaban J connectivity index is 0.000000156. The summed E-state index contributed by atoms with van der Waals surface area (Å²) in [6, 6.07) is 10.2. The molecule has 0 radical (unpaired) electrons. The fourth-order valence-corrected chi connectivity index (χ4v) is 4.31. The van der Waals surface area contributed by atoms with Crippen molar-refractivity contribution in [1.29, 1.82) is 0 Å². The van der Waals surface area contributed by atoms with Gasteiger partial charge in [0.15, 0.2) is 6.29 Å². The van der Waals surface area contributed by atoms with Crippen molar-refractivity contribution < 1.29 is 32.6 Å². The lowest BCUT2D eigenvalue weighted by Crippen LogP contribution is -2.03. The molecule has 0 fully saturated rings. The third kappa shape index (κ3) is 6.03. The van der Waals surface area contributed by atoms with Crippen LogP contribution in [0.2, 0.25) is 0 Å². The molecule has 4 heterocycles. The van der Waals surface area contributed by atoms with E-state index in [1.54, 1.807) is 75.8 Å². The number of carbonyl (C=O) groups excluding carboxylic acids is 3. The molecule has 212 valence electrons. The maximum atomic E-state index is 14.3. The van der Waals surface area contributed by atoms with Gasteiger partial charge in [0, 0.05) is 29.2 Å². The van der Waals surface area contributed by atoms with Crippen LogP contribution in [0.15, 0.2) is 48.8 Å². The second-order valence-corrected chi connectivity index (χ2v) is 9.12. The molecule has 0 bridgehead atoms. The van der Waals surface area contributed by atoms with Crippen molar-refractivity contribution >= 4 is 41.1 Å². The number of fused-ring (bicyclic) bond motifs is 2. The first-order chi connectivity index (χ1) is 19.7. The number of aromatic amines is 2. The Hall–Kier alpha value is -5.19. The Kier molecular flexibility index (Phi) is 8.66. The number of methoxy groups -OCH3 is 2. The number of halogens is 2. The topological polar surface area (TPSA) is 125 Å². The van der Waals surface area contributed by atoms with Crippen molar-refractivity contribution in [2.45, 2.75) is 20.3 Å². The summed E-state index contributed by atoms with van der Waals surface area (Å²) in [6.07, 6.45) is 5.85. The lowest BCUT2D eigenvalue weighted by Gasteiger charge is -2.04. The van der Waals surface area contributed by atoms with Crippen LogP contribution < -0.4 is 20.1 Å². The second kappa shape index (κ2) is 12.3. The number of aromatic nitrogens is 2. The van der Waals surface area contributed by atoms with Crippen molar-refractivity contribution in [3.63, 3.8) is 0 Å². The Labute approximate surface area is 234 Å². The molecule has 2 aromatic heterocycles. The highest BCUT2D eigenvalue weighted by atomic mass is 19.1. The molecular formula is C30H28F2N4O5. The average Bonchev–Trinajstić information content (AvgIpc) is 3.76. The van der Waals surface area contributed by atoms with Crippen LogP contribution in [-0.2, 0) is 16.0 Å². The van der Waals surface area contributed by atoms with E-state index < -0.39 is 0 Å². The van der Waals surface area contributed by atoms with Gasteiger partial charge in [-0.15, -0.1) is 0 Å². The van der Waals surface area contributed by atoms with Crippen molar-refractivity contribution in [2.24, 2.45) is 0 Å². The molecule has 0 unspecified atom stereocenters. The van der Waals surface area contributed by atoms with Crippen LogP contribution in [0.4, 0.5) is 20.2 Å². The lowest BCUT2D eigenvalue weighted by atomic mass is 10.0. The van der Waals surface area contributed by atoms with E-state index in [-0.39, 0.29) is 29.9 Å². The predicted octanol–water partition coefficient (Wildman–Crippen LogP) is 5.43. The number of aldehydes is 1. The van der Waals surface area contributed by atoms with Gasteiger partial charge in [0.05, 0.1) is 37.6 Å². The quantitative estimate of drug-likeness (QED) is 0.195. The zero-order valence-corrected chi connectivity index (χ0v) is 22.8. The molecule has 4 aromatic rings. The number of aryl methyl sites for hydroxylation is 2. The maximum absolute atomic E-state index is 14.3. The number of carbonyl (C=O) groups is 3. The zero-order valence-electron chi connectivity index (χ0n) is 22.8. The standard InChI is InChI=1S/C15H13FN2O2.C9H8FNO.C6H7NO2/c1-8-3-4-10-13(14(8)16)9(15(19)18-10)7-11-12(20-2)5-6-17-11;1-5-2-3-7-6(9(5)10)4-8(12)11-7;1-9-6-2-3-7-5(6)4-8/h3-7,17H,1-2H3,(H,18,19);2-3H,4H2,1H3,(H,11,12);2-4,7H,1H3/b9-7-;;. The minimum Gasteiger partial charge on any atom is -0.495 e. The van der Waals surface area contributed by atoms with E-state index >= 15 is 0 Å². The first-order valence-electron chi connectivity index (χ1n) is 12.5. The largest absolute Gasteiger partial charge is 0.495 e. The predicted molar refractivity (Wildman–Crippen MR) is 151 cm³/mol. The highest BCUT2D eigenvalue weighted by Crippen LogP contribution is 2.37. The summed E-state index contributed by atoms with van der Waals surface area (Å²) in [5.41, 5.74) is 4.42. The lowest BCUT2D eigenvalue weighted by molar-refractivity contribution is -0.115. The fourth-order valence-electron chi connectivity index (χ4n) is 4.31. The second-order valence-electron chi connectivity index (χ2n) is 9.12. The van der Waals surface area contributed by atoms with E-state index in [0.717, 1.165) is 6.29 Å². The summed E-state index contributed by atoms with van der Waals surface area (Å²) in [6.45, 7) is 3.36. The molecule has 2 amide bonds. The van der Waals surface area contributed by atoms with Crippen LogP contribution in [0.5, 0.6) is 11.5 Å². The number of H-pyrrole nitrogens is 2. The van der Waals surface area contributed by atoms with E-state index in [0.29, 0.717) is 62.1 Å². The molecule has 6 rings (SSSR count). The summed E-state index contributed by atoms with van der Waals surface area (Å²) in [5.74, 6) is 0.107. The monoisotopic (exact) mass is 562 g/mol. The number of amides is 2. The maximum Gasteiger partial charge on any atom is 0.256 e. The van der Waals surface area contributed by atoms with Crippen LogP contribution in [-0.4, -0.2) is 42.3 Å². The smallest absolute Gasteiger partial charge is 0.256 e. The van der Waals surface area contributed by atoms with Gasteiger partial charge in [-0.2, -0.15) is 0 Å². The van der Waals surface area contributed by atoms with Gasteiger partial charge >= 0.3 is 0 Å². The van der Waals surface area contributed by atoms with Crippen LogP contribution in [0.3, 0.4) is 0 Å². The molecular weight excluding hydrogens is 534 g/mol. The van der Waals surface area contributed by atoms with Gasteiger partial charge in [0.1, 0.15) is 28.8 Å². The van der Waals surface area contributed by atoms with Gasteiger partial charge in [0.25, 0.3) is 5.91 Å². The summed E-state index contributed by atoms with van der Waals surface area (Å²) < 4.78 is 37.5. The van der Waals surface area contributed by atoms with E-state index in [4.69, 9.17) is 9.47 Å². The van der Waals surface area contributed by atoms with Gasteiger partial charge in [-0.1, -0.05) is 12.1 Å². The Morgan fingerprint density at radius 1 is 0.780 bits per heavy atom. The number of ether oxygens (including phenoxy) is 2. The molecule has 0 saturated heterocycles. The van der Waals surface area contributed by atoms with Crippen molar-refractivity contribution in [3.05, 3.63) is 94.1 Å². The van der Waals surface area contributed by atoms with Crippen molar-refractivity contribution in [1.82, 2.24) is 9.97 Å². The number of benzene rings is 2. The highest BCUT2D eigenvalue weighted by Gasteiger charge is 2.28. The Morgan fingerprint density at radius 2 is 1.37 bits per heavy atom. The first-order valence-corrected chi connectivity index (χ1v) is 12.5. The van der Waals surface area contributed by atoms with Crippen molar-refractivity contribution in [3.8, 4) is 11.5 Å². The van der Waals surface area contributed by atoms with Gasteiger partial charge in [0.2, 0.25) is 5.91 Å². The number of rotatable bonds is 4. The summed E-state index contributed by atoms with van der Waals surface area (Å²) in [4.78, 5) is 38.7. The minimum atomic E-state index is -0.377. The molecule has 2 aliphatic rings. The molecule has 0 atom stereocenters. The van der Waals surface area contributed by atoms with Gasteiger partial charge in [-0.3, -0.25) is 14.4 Å². The zero-order chi connectivity index (χ0) is 29.7. The molecule has 0 spiro atoms. The van der Waals surface area contributed by atoms with Crippen LogP contribution in [0.1, 0.15) is 38.4 Å². The molecule has 9 nitrogen and oxygen atoms in total. The third-order valence-electron chi connectivity index (χ3n) is 6.47. The normalized spacial score (nSPS) is 13.7.